The number of benzene rings is 2. The average molecular weight is 377 g/mol. The van der Waals surface area contributed by atoms with Crippen molar-refractivity contribution in [1.29, 1.82) is 0 Å². The molecule has 0 saturated heterocycles. The lowest BCUT2D eigenvalue weighted by molar-refractivity contribution is 0.324. The van der Waals surface area contributed by atoms with E-state index in [1.54, 1.807) is 33.5 Å². The molecule has 142 valence electrons. The van der Waals surface area contributed by atoms with E-state index in [1.165, 1.54) is 0 Å². The van der Waals surface area contributed by atoms with E-state index in [1.807, 2.05) is 53.4 Å². The van der Waals surface area contributed by atoms with Crippen LogP contribution in [0.3, 0.4) is 0 Å². The lowest BCUT2D eigenvalue weighted by Gasteiger charge is -2.12. The maximum Gasteiger partial charge on any atom is 0.258 e. The number of aromatic nitrogens is 3. The summed E-state index contributed by atoms with van der Waals surface area (Å²) in [6.45, 7) is 0. The molecule has 28 heavy (non-hydrogen) atoms. The highest BCUT2D eigenvalue weighted by Crippen LogP contribution is 2.41. The van der Waals surface area contributed by atoms with Gasteiger partial charge in [0.15, 0.2) is 11.5 Å². The number of rotatable bonds is 6. The van der Waals surface area contributed by atoms with Gasteiger partial charge in [0.25, 0.3) is 5.89 Å². The van der Waals surface area contributed by atoms with Crippen molar-refractivity contribution < 1.29 is 18.7 Å². The summed E-state index contributed by atoms with van der Waals surface area (Å²) in [4.78, 5) is 4.51. The van der Waals surface area contributed by atoms with Crippen molar-refractivity contribution in [2.45, 2.75) is 0 Å². The van der Waals surface area contributed by atoms with Gasteiger partial charge in [0, 0.05) is 29.2 Å². The predicted molar refractivity (Wildman–Crippen MR) is 104 cm³/mol. The molecule has 2 heterocycles. The van der Waals surface area contributed by atoms with Gasteiger partial charge in [-0.25, -0.2) is 0 Å². The predicted octanol–water partition coefficient (Wildman–Crippen LogP) is 4.22. The minimum Gasteiger partial charge on any atom is -0.493 e. The third kappa shape index (κ3) is 3.18. The molecule has 4 aromatic rings. The summed E-state index contributed by atoms with van der Waals surface area (Å²) >= 11 is 0. The van der Waals surface area contributed by atoms with Crippen LogP contribution in [-0.2, 0) is 0 Å². The molecule has 0 fully saturated rings. The van der Waals surface area contributed by atoms with Crippen LogP contribution in [0.2, 0.25) is 0 Å². The van der Waals surface area contributed by atoms with Gasteiger partial charge in [-0.2, -0.15) is 4.98 Å². The van der Waals surface area contributed by atoms with Crippen LogP contribution in [0.4, 0.5) is 0 Å². The zero-order chi connectivity index (χ0) is 19.5. The van der Waals surface area contributed by atoms with Gasteiger partial charge in [0.1, 0.15) is 0 Å². The third-order valence-corrected chi connectivity index (χ3v) is 4.37. The van der Waals surface area contributed by atoms with Crippen molar-refractivity contribution in [3.63, 3.8) is 0 Å². The molecule has 0 unspecified atom stereocenters. The molecule has 2 aromatic carbocycles. The molecule has 0 aliphatic rings. The Hall–Kier alpha value is -3.74. The lowest BCUT2D eigenvalue weighted by Crippen LogP contribution is -1.95. The lowest BCUT2D eigenvalue weighted by atomic mass is 10.1. The topological polar surface area (TPSA) is 71.5 Å². The molecule has 0 atom stereocenters. The minimum atomic E-state index is 0.365. The highest BCUT2D eigenvalue weighted by Gasteiger charge is 2.18. The van der Waals surface area contributed by atoms with Crippen LogP contribution in [-0.4, -0.2) is 36.0 Å². The highest BCUT2D eigenvalue weighted by molar-refractivity contribution is 5.67. The van der Waals surface area contributed by atoms with Crippen LogP contribution < -0.4 is 14.2 Å². The first-order valence-corrected chi connectivity index (χ1v) is 8.61. The summed E-state index contributed by atoms with van der Waals surface area (Å²) in [6, 6.07) is 15.4. The molecule has 0 spiro atoms. The van der Waals surface area contributed by atoms with Gasteiger partial charge in [-0.3, -0.25) is 0 Å². The molecule has 7 heteroatoms. The summed E-state index contributed by atoms with van der Waals surface area (Å²) in [7, 11) is 4.68. The SMILES string of the molecule is COc1cc(-c2nc(-c3ccc(-n4cccc4)cc3)no2)cc(OC)c1OC. The second-order valence-electron chi connectivity index (χ2n) is 5.97. The number of hydrogen-bond acceptors (Lipinski definition) is 6. The molecule has 0 radical (unpaired) electrons. The number of nitrogens with zero attached hydrogens (tertiary/aromatic N) is 3. The van der Waals surface area contributed by atoms with E-state index in [4.69, 9.17) is 18.7 Å². The maximum atomic E-state index is 5.46. The Morgan fingerprint density at radius 3 is 2.04 bits per heavy atom. The number of methoxy groups -OCH3 is 3. The van der Waals surface area contributed by atoms with Crippen LogP contribution in [0.5, 0.6) is 17.2 Å². The van der Waals surface area contributed by atoms with Crippen LogP contribution in [0.1, 0.15) is 0 Å². The van der Waals surface area contributed by atoms with Gasteiger partial charge < -0.3 is 23.3 Å². The van der Waals surface area contributed by atoms with E-state index in [9.17, 15) is 0 Å². The zero-order valence-corrected chi connectivity index (χ0v) is 15.7. The molecule has 7 nitrogen and oxygen atoms in total. The molecule has 0 aliphatic heterocycles. The normalized spacial score (nSPS) is 10.7. The quantitative estimate of drug-likeness (QED) is 0.501. The molecule has 0 N–H and O–H groups in total. The second-order valence-corrected chi connectivity index (χ2v) is 5.97. The molecule has 0 bridgehead atoms. The first-order valence-electron chi connectivity index (χ1n) is 8.61. The summed E-state index contributed by atoms with van der Waals surface area (Å²) in [5.74, 6) is 2.42. The maximum absolute atomic E-state index is 5.46. The van der Waals surface area contributed by atoms with Crippen molar-refractivity contribution in [3.05, 3.63) is 60.9 Å². The van der Waals surface area contributed by atoms with Crippen LogP contribution in [0.15, 0.2) is 65.4 Å². The van der Waals surface area contributed by atoms with Gasteiger partial charge in [-0.1, -0.05) is 5.16 Å². The van der Waals surface area contributed by atoms with E-state index in [0.29, 0.717) is 34.5 Å². The fourth-order valence-electron chi connectivity index (χ4n) is 2.95. The summed E-state index contributed by atoms with van der Waals surface area (Å²) < 4.78 is 23.6. The summed E-state index contributed by atoms with van der Waals surface area (Å²) in [6.07, 6.45) is 3.98. The fraction of sp³-hybridized carbons (Fsp3) is 0.143. The van der Waals surface area contributed by atoms with Crippen molar-refractivity contribution in [1.82, 2.24) is 14.7 Å². The zero-order valence-electron chi connectivity index (χ0n) is 15.7. The highest BCUT2D eigenvalue weighted by atomic mass is 16.5. The van der Waals surface area contributed by atoms with Gasteiger partial charge in [-0.15, -0.1) is 0 Å². The molecular formula is C21H19N3O4. The van der Waals surface area contributed by atoms with Crippen molar-refractivity contribution >= 4 is 0 Å². The Labute approximate surface area is 162 Å². The fourth-order valence-corrected chi connectivity index (χ4v) is 2.95. The van der Waals surface area contributed by atoms with E-state index in [2.05, 4.69) is 10.1 Å². The van der Waals surface area contributed by atoms with Gasteiger partial charge in [0.2, 0.25) is 11.6 Å². The smallest absolute Gasteiger partial charge is 0.258 e. The Kier molecular flexibility index (Phi) is 4.72. The van der Waals surface area contributed by atoms with Crippen molar-refractivity contribution in [3.8, 4) is 45.8 Å². The van der Waals surface area contributed by atoms with E-state index >= 15 is 0 Å². The van der Waals surface area contributed by atoms with Crippen molar-refractivity contribution in [2.24, 2.45) is 0 Å². The van der Waals surface area contributed by atoms with Gasteiger partial charge in [-0.05, 0) is 48.5 Å². The Bertz CT molecular complexity index is 1040. The Morgan fingerprint density at radius 2 is 1.46 bits per heavy atom. The summed E-state index contributed by atoms with van der Waals surface area (Å²) in [5.41, 5.74) is 2.60. The van der Waals surface area contributed by atoms with E-state index in [0.717, 1.165) is 11.3 Å². The standard InChI is InChI=1S/C21H19N3O4/c1-25-17-12-15(13-18(26-2)19(17)27-3)21-22-20(23-28-21)14-6-8-16(9-7-14)24-10-4-5-11-24/h4-13H,1-3H3. The second kappa shape index (κ2) is 7.48. The van der Waals surface area contributed by atoms with E-state index in [-0.39, 0.29) is 0 Å². The third-order valence-electron chi connectivity index (χ3n) is 4.37. The first-order chi connectivity index (χ1) is 13.7. The molecular weight excluding hydrogens is 358 g/mol. The van der Waals surface area contributed by atoms with Crippen LogP contribution >= 0.6 is 0 Å². The molecule has 2 aromatic heterocycles. The van der Waals surface area contributed by atoms with Gasteiger partial charge >= 0.3 is 0 Å². The molecule has 0 saturated carbocycles. The van der Waals surface area contributed by atoms with Crippen molar-refractivity contribution in [2.75, 3.05) is 21.3 Å². The largest absolute Gasteiger partial charge is 0.493 e. The number of ether oxygens (including phenoxy) is 3. The van der Waals surface area contributed by atoms with Gasteiger partial charge in [0.05, 0.1) is 21.3 Å². The van der Waals surface area contributed by atoms with Crippen LogP contribution in [0, 0.1) is 0 Å². The average Bonchev–Trinajstić information content (AvgIpc) is 3.45. The summed E-state index contributed by atoms with van der Waals surface area (Å²) in [5, 5.41) is 4.10. The molecule has 0 amide bonds. The number of hydrogen-bond donors (Lipinski definition) is 0. The Balaban J connectivity index is 1.66. The van der Waals surface area contributed by atoms with Crippen LogP contribution in [0.25, 0.3) is 28.5 Å². The molecule has 4 rings (SSSR count). The minimum absolute atomic E-state index is 0.365. The Morgan fingerprint density at radius 1 is 0.821 bits per heavy atom. The van der Waals surface area contributed by atoms with E-state index < -0.39 is 0 Å². The monoisotopic (exact) mass is 377 g/mol. The molecule has 0 aliphatic carbocycles. The first kappa shape index (κ1) is 17.7.